The number of esters is 2. The molecule has 2 atom stereocenters. The van der Waals surface area contributed by atoms with Crippen molar-refractivity contribution in [3.05, 3.63) is 36.4 Å². The zero-order valence-corrected chi connectivity index (χ0v) is 14.9. The molecule has 8 heteroatoms. The van der Waals surface area contributed by atoms with Gasteiger partial charge in [-0.05, 0) is 30.7 Å². The van der Waals surface area contributed by atoms with E-state index in [1.54, 1.807) is 36.4 Å². The van der Waals surface area contributed by atoms with Gasteiger partial charge in [0.1, 0.15) is 0 Å². The molecule has 0 heterocycles. The Balaban J connectivity index is 1.62. The van der Waals surface area contributed by atoms with E-state index in [1.807, 2.05) is 0 Å². The molecule has 27 heavy (non-hydrogen) atoms. The lowest BCUT2D eigenvalue weighted by Crippen LogP contribution is -2.18. The normalized spacial score (nSPS) is 17.7. The van der Waals surface area contributed by atoms with Gasteiger partial charge >= 0.3 is 11.9 Å². The molecule has 2 aromatic rings. The van der Waals surface area contributed by atoms with Crippen molar-refractivity contribution in [3.63, 3.8) is 0 Å². The highest BCUT2D eigenvalue weighted by Gasteiger charge is 2.51. The van der Waals surface area contributed by atoms with E-state index in [1.165, 1.54) is 14.2 Å². The Morgan fingerprint density at radius 3 is 1.56 bits per heavy atom. The van der Waals surface area contributed by atoms with Gasteiger partial charge in [-0.15, -0.1) is 0 Å². The molecule has 0 unspecified atom stereocenters. The zero-order chi connectivity index (χ0) is 19.6. The molecule has 0 aliphatic heterocycles. The molecule has 8 nitrogen and oxygen atoms in total. The van der Waals surface area contributed by atoms with Crippen LogP contribution < -0.4 is 30.4 Å². The van der Waals surface area contributed by atoms with Crippen molar-refractivity contribution in [2.45, 2.75) is 6.42 Å². The predicted octanol–water partition coefficient (Wildman–Crippen LogP) is 2.02. The van der Waals surface area contributed by atoms with Crippen molar-refractivity contribution in [2.75, 3.05) is 25.7 Å². The first kappa shape index (κ1) is 18.4. The fourth-order valence-corrected chi connectivity index (χ4v) is 2.62. The van der Waals surface area contributed by atoms with Crippen molar-refractivity contribution in [3.8, 4) is 23.0 Å². The van der Waals surface area contributed by atoms with E-state index < -0.39 is 23.8 Å². The van der Waals surface area contributed by atoms with Crippen LogP contribution in [0.2, 0.25) is 0 Å². The highest BCUT2D eigenvalue weighted by atomic mass is 16.6. The Bertz CT molecular complexity index is 811. The van der Waals surface area contributed by atoms with Crippen molar-refractivity contribution in [1.29, 1.82) is 0 Å². The number of nitrogen functional groups attached to an aromatic ring is 2. The summed E-state index contributed by atoms with van der Waals surface area (Å²) in [6.07, 6.45) is 0.353. The van der Waals surface area contributed by atoms with E-state index >= 15 is 0 Å². The van der Waals surface area contributed by atoms with Gasteiger partial charge < -0.3 is 30.4 Å². The van der Waals surface area contributed by atoms with Gasteiger partial charge in [0.25, 0.3) is 0 Å². The Labute approximate surface area is 155 Å². The third-order valence-corrected chi connectivity index (χ3v) is 4.19. The summed E-state index contributed by atoms with van der Waals surface area (Å²) in [7, 11) is 2.90. The van der Waals surface area contributed by atoms with Gasteiger partial charge in [0.05, 0.1) is 26.1 Å². The van der Waals surface area contributed by atoms with Crippen LogP contribution in [0.3, 0.4) is 0 Å². The van der Waals surface area contributed by atoms with Crippen molar-refractivity contribution in [1.82, 2.24) is 0 Å². The quantitative estimate of drug-likeness (QED) is 0.448. The van der Waals surface area contributed by atoms with Crippen LogP contribution in [0, 0.1) is 11.8 Å². The van der Waals surface area contributed by atoms with E-state index in [0.717, 1.165) is 0 Å². The Morgan fingerprint density at radius 2 is 1.19 bits per heavy atom. The van der Waals surface area contributed by atoms with Crippen LogP contribution in [0.1, 0.15) is 6.42 Å². The Kier molecular flexibility index (Phi) is 5.07. The molecule has 0 bridgehead atoms. The zero-order valence-electron chi connectivity index (χ0n) is 14.9. The summed E-state index contributed by atoms with van der Waals surface area (Å²) in [5.41, 5.74) is 12.3. The molecule has 4 N–H and O–H groups in total. The fraction of sp³-hybridized carbons (Fsp3) is 0.263. The summed E-state index contributed by atoms with van der Waals surface area (Å²) >= 11 is 0. The van der Waals surface area contributed by atoms with Gasteiger partial charge in [0.2, 0.25) is 0 Å². The number of hydrogen-bond acceptors (Lipinski definition) is 8. The van der Waals surface area contributed by atoms with Gasteiger partial charge in [-0.1, -0.05) is 0 Å². The van der Waals surface area contributed by atoms with Gasteiger partial charge in [0.15, 0.2) is 23.0 Å². The molecule has 0 amide bonds. The second kappa shape index (κ2) is 7.45. The van der Waals surface area contributed by atoms with Gasteiger partial charge in [-0.25, -0.2) is 0 Å². The summed E-state index contributed by atoms with van der Waals surface area (Å²) < 4.78 is 21.0. The minimum absolute atomic E-state index is 0.246. The van der Waals surface area contributed by atoms with Gasteiger partial charge in [-0.2, -0.15) is 0 Å². The number of methoxy groups -OCH3 is 2. The van der Waals surface area contributed by atoms with Crippen LogP contribution >= 0.6 is 0 Å². The average Bonchev–Trinajstić information content (AvgIpc) is 3.45. The molecule has 0 radical (unpaired) electrons. The number of benzene rings is 2. The molecule has 1 aliphatic rings. The summed E-state index contributed by atoms with van der Waals surface area (Å²) in [6, 6.07) is 9.37. The van der Waals surface area contributed by atoms with E-state index in [9.17, 15) is 9.59 Å². The standard InChI is InChI=1S/C19H20N2O6/c1-24-16-7-10(20)3-5-14(16)26-18(22)12-9-13(12)19(23)27-15-6-4-11(21)8-17(15)25-2/h3-8,12-13H,9,20-21H2,1-2H3/t12-,13-/m1/s1. The van der Waals surface area contributed by atoms with Gasteiger partial charge in [0, 0.05) is 23.5 Å². The number of carbonyl (C=O) groups excluding carboxylic acids is 2. The molecule has 0 saturated heterocycles. The van der Waals surface area contributed by atoms with E-state index in [0.29, 0.717) is 29.3 Å². The lowest BCUT2D eigenvalue weighted by molar-refractivity contribution is -0.141. The number of hydrogen-bond donors (Lipinski definition) is 2. The highest BCUT2D eigenvalue weighted by Crippen LogP contribution is 2.42. The van der Waals surface area contributed by atoms with Crippen molar-refractivity contribution >= 4 is 23.3 Å². The molecule has 3 rings (SSSR count). The molecular weight excluding hydrogens is 352 g/mol. The molecule has 0 spiro atoms. The number of nitrogens with two attached hydrogens (primary N) is 2. The van der Waals surface area contributed by atoms with E-state index in [2.05, 4.69) is 0 Å². The number of rotatable bonds is 6. The van der Waals surface area contributed by atoms with E-state index in [4.69, 9.17) is 30.4 Å². The van der Waals surface area contributed by atoms with Crippen LogP contribution in [0.15, 0.2) is 36.4 Å². The minimum Gasteiger partial charge on any atom is -0.493 e. The second-order valence-electron chi connectivity index (χ2n) is 6.11. The van der Waals surface area contributed by atoms with Crippen LogP contribution in [0.4, 0.5) is 11.4 Å². The summed E-state index contributed by atoms with van der Waals surface area (Å²) in [6.45, 7) is 0. The molecule has 2 aromatic carbocycles. The second-order valence-corrected chi connectivity index (χ2v) is 6.11. The Morgan fingerprint density at radius 1 is 0.778 bits per heavy atom. The SMILES string of the molecule is COc1cc(N)ccc1OC(=O)[C@@H]1C[C@H]1C(=O)Oc1ccc(N)cc1OC. The van der Waals surface area contributed by atoms with Crippen LogP contribution in [-0.4, -0.2) is 26.2 Å². The van der Waals surface area contributed by atoms with Crippen LogP contribution in [0.25, 0.3) is 0 Å². The average molecular weight is 372 g/mol. The smallest absolute Gasteiger partial charge is 0.315 e. The van der Waals surface area contributed by atoms with E-state index in [-0.39, 0.29) is 11.5 Å². The first-order chi connectivity index (χ1) is 12.9. The highest BCUT2D eigenvalue weighted by molar-refractivity contribution is 5.89. The number of anilines is 2. The third-order valence-electron chi connectivity index (χ3n) is 4.19. The molecule has 1 aliphatic carbocycles. The maximum absolute atomic E-state index is 12.3. The van der Waals surface area contributed by atoms with Crippen LogP contribution in [0.5, 0.6) is 23.0 Å². The number of ether oxygens (including phenoxy) is 4. The summed E-state index contributed by atoms with van der Waals surface area (Å²) in [5.74, 6) is -1.01. The first-order valence-electron chi connectivity index (χ1n) is 8.23. The monoisotopic (exact) mass is 372 g/mol. The minimum atomic E-state index is -0.570. The van der Waals surface area contributed by atoms with Crippen LogP contribution in [-0.2, 0) is 9.59 Å². The summed E-state index contributed by atoms with van der Waals surface area (Å²) in [4.78, 5) is 24.6. The maximum Gasteiger partial charge on any atom is 0.315 e. The largest absolute Gasteiger partial charge is 0.493 e. The maximum atomic E-state index is 12.3. The van der Waals surface area contributed by atoms with Crippen molar-refractivity contribution < 1.29 is 28.5 Å². The number of carbonyl (C=O) groups is 2. The Hall–Kier alpha value is -3.42. The first-order valence-corrected chi connectivity index (χ1v) is 8.23. The molecule has 1 saturated carbocycles. The van der Waals surface area contributed by atoms with Crippen molar-refractivity contribution in [2.24, 2.45) is 11.8 Å². The summed E-state index contributed by atoms with van der Waals surface area (Å²) in [5, 5.41) is 0. The topological polar surface area (TPSA) is 123 Å². The van der Waals surface area contributed by atoms with Gasteiger partial charge in [-0.3, -0.25) is 9.59 Å². The predicted molar refractivity (Wildman–Crippen MR) is 97.7 cm³/mol. The lowest BCUT2D eigenvalue weighted by atomic mass is 10.2. The molecule has 1 fully saturated rings. The molecule has 142 valence electrons. The third kappa shape index (κ3) is 4.05. The molecule has 0 aromatic heterocycles. The lowest BCUT2D eigenvalue weighted by Gasteiger charge is -2.10. The molecular formula is C19H20N2O6. The fourth-order valence-electron chi connectivity index (χ4n) is 2.62.